The van der Waals surface area contributed by atoms with Crippen LogP contribution in [0.1, 0.15) is 5.56 Å². The highest BCUT2D eigenvalue weighted by molar-refractivity contribution is 5.78. The van der Waals surface area contributed by atoms with Crippen molar-refractivity contribution < 1.29 is 0 Å². The highest BCUT2D eigenvalue weighted by Crippen LogP contribution is 2.29. The molecule has 1 fully saturated rings. The van der Waals surface area contributed by atoms with Gasteiger partial charge in [0.05, 0.1) is 6.20 Å². The summed E-state index contributed by atoms with van der Waals surface area (Å²) in [6, 6.07) is 14.7. The molecule has 0 bridgehead atoms. The summed E-state index contributed by atoms with van der Waals surface area (Å²) in [6.45, 7) is 6.26. The third-order valence-electron chi connectivity index (χ3n) is 6.00. The molecule has 1 saturated heterocycles. The van der Waals surface area contributed by atoms with Crippen molar-refractivity contribution in [2.24, 2.45) is 0 Å². The second-order valence-corrected chi connectivity index (χ2v) is 8.19. The molecular weight excluding hydrogens is 386 g/mol. The highest BCUT2D eigenvalue weighted by atomic mass is 15.3. The van der Waals surface area contributed by atoms with E-state index in [1.807, 2.05) is 29.2 Å². The van der Waals surface area contributed by atoms with Crippen LogP contribution < -0.4 is 9.80 Å². The van der Waals surface area contributed by atoms with E-state index in [4.69, 9.17) is 4.98 Å². The van der Waals surface area contributed by atoms with Crippen molar-refractivity contribution in [1.82, 2.24) is 24.5 Å². The molecule has 3 aromatic heterocycles. The Kier molecular flexibility index (Phi) is 5.03. The number of fused-ring (bicyclic) bond motifs is 1. The maximum atomic E-state index is 4.74. The fourth-order valence-corrected chi connectivity index (χ4v) is 4.07. The fourth-order valence-electron chi connectivity index (χ4n) is 4.07. The number of hydrogen-bond donors (Lipinski definition) is 0. The number of rotatable bonds is 4. The molecule has 0 N–H and O–H groups in total. The number of aromatic nitrogens is 4. The molecule has 158 valence electrons. The van der Waals surface area contributed by atoms with Gasteiger partial charge in [0.15, 0.2) is 5.65 Å². The zero-order chi connectivity index (χ0) is 21.4. The van der Waals surface area contributed by atoms with Crippen molar-refractivity contribution >= 4 is 23.0 Å². The molecule has 4 heterocycles. The molecule has 31 heavy (non-hydrogen) atoms. The summed E-state index contributed by atoms with van der Waals surface area (Å²) in [5, 5.41) is 4.65. The molecule has 0 radical (unpaired) electrons. The molecule has 1 aliphatic rings. The summed E-state index contributed by atoms with van der Waals surface area (Å²) < 4.78 is 1.89. The van der Waals surface area contributed by atoms with E-state index in [1.165, 1.54) is 5.56 Å². The van der Waals surface area contributed by atoms with Gasteiger partial charge in [-0.1, -0.05) is 12.1 Å². The molecule has 4 aromatic rings. The molecule has 0 unspecified atom stereocenters. The lowest BCUT2D eigenvalue weighted by Gasteiger charge is -2.33. The van der Waals surface area contributed by atoms with E-state index in [0.29, 0.717) is 0 Å². The number of aryl methyl sites for hydroxylation is 1. The first kappa shape index (κ1) is 19.5. The highest BCUT2D eigenvalue weighted by Gasteiger charge is 2.17. The quantitative estimate of drug-likeness (QED) is 0.509. The van der Waals surface area contributed by atoms with E-state index in [1.54, 1.807) is 0 Å². The second-order valence-electron chi connectivity index (χ2n) is 8.19. The number of pyridine rings is 1. The fraction of sp³-hybridized carbons (Fsp3) is 0.292. The first-order valence-corrected chi connectivity index (χ1v) is 10.6. The maximum absolute atomic E-state index is 4.74. The standard InChI is InChI=1S/C24H27N7/c1-18-5-4-6-20(15-18)29(3)23-9-10-25-24-21(17-27-31(23)24)19-7-8-22(26-16-19)30-13-11-28(2)12-14-30/h4-10,15-17H,11-14H2,1-3H3. The van der Waals surface area contributed by atoms with Crippen molar-refractivity contribution in [3.05, 3.63) is 66.6 Å². The lowest BCUT2D eigenvalue weighted by Crippen LogP contribution is -2.44. The Morgan fingerprint density at radius 1 is 0.935 bits per heavy atom. The first-order valence-electron chi connectivity index (χ1n) is 10.6. The topological polar surface area (TPSA) is 52.8 Å². The molecule has 5 rings (SSSR count). The molecule has 7 heteroatoms. The van der Waals surface area contributed by atoms with Crippen molar-refractivity contribution in [1.29, 1.82) is 0 Å². The zero-order valence-electron chi connectivity index (χ0n) is 18.2. The van der Waals surface area contributed by atoms with Crippen LogP contribution in [0.25, 0.3) is 16.8 Å². The minimum atomic E-state index is 0.825. The van der Waals surface area contributed by atoms with Gasteiger partial charge in [-0.2, -0.15) is 9.61 Å². The van der Waals surface area contributed by atoms with Crippen LogP contribution in [0.3, 0.4) is 0 Å². The van der Waals surface area contributed by atoms with Gasteiger partial charge in [-0.3, -0.25) is 0 Å². The summed E-state index contributed by atoms with van der Waals surface area (Å²) in [6.07, 6.45) is 5.65. The van der Waals surface area contributed by atoms with Crippen LogP contribution in [-0.4, -0.2) is 64.8 Å². The number of benzene rings is 1. The van der Waals surface area contributed by atoms with Gasteiger partial charge in [-0.25, -0.2) is 9.97 Å². The van der Waals surface area contributed by atoms with E-state index in [9.17, 15) is 0 Å². The molecule has 0 saturated carbocycles. The molecule has 0 amide bonds. The predicted octanol–water partition coefficient (Wildman–Crippen LogP) is 3.62. The van der Waals surface area contributed by atoms with Gasteiger partial charge in [0.1, 0.15) is 11.6 Å². The summed E-state index contributed by atoms with van der Waals surface area (Å²) in [5.41, 5.74) is 5.17. The van der Waals surface area contributed by atoms with Crippen molar-refractivity contribution in [3.8, 4) is 11.1 Å². The van der Waals surface area contributed by atoms with Crippen LogP contribution in [0.2, 0.25) is 0 Å². The van der Waals surface area contributed by atoms with Crippen LogP contribution in [0.4, 0.5) is 17.3 Å². The summed E-state index contributed by atoms with van der Waals surface area (Å²) in [5.74, 6) is 1.99. The minimum absolute atomic E-state index is 0.825. The summed E-state index contributed by atoms with van der Waals surface area (Å²) >= 11 is 0. The number of likely N-dealkylation sites (N-methyl/N-ethyl adjacent to an activating group) is 1. The number of anilines is 3. The molecular formula is C24H27N7. The molecule has 1 aliphatic heterocycles. The van der Waals surface area contributed by atoms with Gasteiger partial charge < -0.3 is 14.7 Å². The lowest BCUT2D eigenvalue weighted by molar-refractivity contribution is 0.312. The van der Waals surface area contributed by atoms with E-state index >= 15 is 0 Å². The van der Waals surface area contributed by atoms with Gasteiger partial charge in [0, 0.05) is 62.4 Å². The van der Waals surface area contributed by atoms with Gasteiger partial charge in [0.25, 0.3) is 0 Å². The lowest BCUT2D eigenvalue weighted by atomic mass is 10.1. The number of nitrogens with zero attached hydrogens (tertiary/aromatic N) is 7. The van der Waals surface area contributed by atoms with E-state index in [-0.39, 0.29) is 0 Å². The Bertz CT molecular complexity index is 1190. The third kappa shape index (κ3) is 3.72. The first-order chi connectivity index (χ1) is 15.1. The van der Waals surface area contributed by atoms with Gasteiger partial charge in [-0.15, -0.1) is 0 Å². The van der Waals surface area contributed by atoms with Crippen molar-refractivity contribution in [2.45, 2.75) is 6.92 Å². The summed E-state index contributed by atoms with van der Waals surface area (Å²) in [7, 11) is 4.22. The summed E-state index contributed by atoms with van der Waals surface area (Å²) in [4.78, 5) is 16.2. The van der Waals surface area contributed by atoms with E-state index in [0.717, 1.165) is 60.3 Å². The average molecular weight is 414 g/mol. The van der Waals surface area contributed by atoms with Crippen LogP contribution in [-0.2, 0) is 0 Å². The van der Waals surface area contributed by atoms with Crippen LogP contribution >= 0.6 is 0 Å². The molecule has 0 atom stereocenters. The van der Waals surface area contributed by atoms with E-state index in [2.05, 4.69) is 82.2 Å². The smallest absolute Gasteiger partial charge is 0.165 e. The third-order valence-corrected chi connectivity index (χ3v) is 6.00. The van der Waals surface area contributed by atoms with Crippen molar-refractivity contribution in [2.75, 3.05) is 50.1 Å². The number of piperazine rings is 1. The van der Waals surface area contributed by atoms with Crippen molar-refractivity contribution in [3.63, 3.8) is 0 Å². The Hall–Kier alpha value is -3.45. The van der Waals surface area contributed by atoms with Crippen LogP contribution in [0.5, 0.6) is 0 Å². The molecule has 7 nitrogen and oxygen atoms in total. The molecule has 0 spiro atoms. The van der Waals surface area contributed by atoms with Crippen LogP contribution in [0.15, 0.2) is 61.1 Å². The zero-order valence-corrected chi connectivity index (χ0v) is 18.2. The maximum Gasteiger partial charge on any atom is 0.165 e. The normalized spacial score (nSPS) is 14.9. The Balaban J connectivity index is 1.46. The Morgan fingerprint density at radius 2 is 1.77 bits per heavy atom. The van der Waals surface area contributed by atoms with Gasteiger partial charge in [0.2, 0.25) is 0 Å². The monoisotopic (exact) mass is 413 g/mol. The predicted molar refractivity (Wildman–Crippen MR) is 125 cm³/mol. The van der Waals surface area contributed by atoms with E-state index < -0.39 is 0 Å². The Morgan fingerprint density at radius 3 is 2.52 bits per heavy atom. The van der Waals surface area contributed by atoms with Gasteiger partial charge in [-0.05, 0) is 49.9 Å². The largest absolute Gasteiger partial charge is 0.354 e. The second kappa shape index (κ2) is 8.00. The van der Waals surface area contributed by atoms with Crippen LogP contribution in [0, 0.1) is 6.92 Å². The average Bonchev–Trinajstić information content (AvgIpc) is 3.24. The molecule has 0 aliphatic carbocycles. The molecule has 1 aromatic carbocycles. The van der Waals surface area contributed by atoms with Gasteiger partial charge >= 0.3 is 0 Å². The Labute approximate surface area is 182 Å². The SMILES string of the molecule is Cc1cccc(N(C)c2ccnc3c(-c4ccc(N5CCN(C)CC5)nc4)cnn23)c1. The number of hydrogen-bond acceptors (Lipinski definition) is 6. The minimum Gasteiger partial charge on any atom is -0.354 e.